The molecule has 2 aliphatic rings. The number of carbonyl (C=O) groups excluding carboxylic acids is 2. The Balaban J connectivity index is 1.79. The van der Waals surface area contributed by atoms with Gasteiger partial charge in [0.25, 0.3) is 0 Å². The van der Waals surface area contributed by atoms with E-state index in [-0.39, 0.29) is 23.9 Å². The highest BCUT2D eigenvalue weighted by molar-refractivity contribution is 6.04. The Morgan fingerprint density at radius 1 is 1.06 bits per heavy atom. The van der Waals surface area contributed by atoms with E-state index in [2.05, 4.69) is 19.2 Å². The zero-order chi connectivity index (χ0) is 24.5. The van der Waals surface area contributed by atoms with E-state index in [1.54, 1.807) is 0 Å². The standard InChI is InChI=1S/C29H33NO4/c1-18(2)34-24-14-10-9-13-21(24)26-25(28(32)33-17-20-11-7-6-8-12-20)19(3)30-22-15-29(4,5)16-23(31)27(22)26/h6-14,18,26,30H,15-17H2,1-5H3/t26-/m1/s1. The van der Waals surface area contributed by atoms with Gasteiger partial charge in [0.2, 0.25) is 0 Å². The van der Waals surface area contributed by atoms with Gasteiger partial charge in [0.05, 0.1) is 17.6 Å². The zero-order valence-electron chi connectivity index (χ0n) is 20.6. The van der Waals surface area contributed by atoms with Crippen LogP contribution in [0.3, 0.4) is 0 Å². The van der Waals surface area contributed by atoms with Crippen LogP contribution in [0, 0.1) is 5.41 Å². The maximum absolute atomic E-state index is 13.5. The second-order valence-corrected chi connectivity index (χ2v) is 10.2. The van der Waals surface area contributed by atoms with Crippen LogP contribution in [0.2, 0.25) is 0 Å². The van der Waals surface area contributed by atoms with Crippen molar-refractivity contribution in [2.45, 2.75) is 66.1 Å². The summed E-state index contributed by atoms with van der Waals surface area (Å²) >= 11 is 0. The summed E-state index contributed by atoms with van der Waals surface area (Å²) in [5, 5.41) is 3.39. The van der Waals surface area contributed by atoms with Gasteiger partial charge in [-0.3, -0.25) is 4.79 Å². The number of benzene rings is 2. The molecule has 178 valence electrons. The Bertz CT molecular complexity index is 1160. The average molecular weight is 460 g/mol. The van der Waals surface area contributed by atoms with Crippen LogP contribution < -0.4 is 10.1 Å². The van der Waals surface area contributed by atoms with Crippen molar-refractivity contribution < 1.29 is 19.1 Å². The normalized spacial score (nSPS) is 19.6. The van der Waals surface area contributed by atoms with Crippen LogP contribution in [0.15, 0.2) is 77.1 Å². The number of para-hydroxylation sites is 1. The highest BCUT2D eigenvalue weighted by atomic mass is 16.5. The maximum Gasteiger partial charge on any atom is 0.337 e. The van der Waals surface area contributed by atoms with Crippen molar-refractivity contribution in [3.8, 4) is 5.75 Å². The van der Waals surface area contributed by atoms with Gasteiger partial charge < -0.3 is 14.8 Å². The van der Waals surface area contributed by atoms with Crippen LogP contribution in [-0.4, -0.2) is 17.9 Å². The van der Waals surface area contributed by atoms with Crippen LogP contribution in [0.5, 0.6) is 5.75 Å². The predicted octanol–water partition coefficient (Wildman–Crippen LogP) is 5.82. The predicted molar refractivity (Wildman–Crippen MR) is 132 cm³/mol. The Morgan fingerprint density at radius 2 is 1.74 bits per heavy atom. The summed E-state index contributed by atoms with van der Waals surface area (Å²) in [6.07, 6.45) is 1.13. The lowest BCUT2D eigenvalue weighted by Crippen LogP contribution is -2.38. The number of ketones is 1. The van der Waals surface area contributed by atoms with Crippen LogP contribution in [0.4, 0.5) is 0 Å². The smallest absolute Gasteiger partial charge is 0.337 e. The molecule has 1 atom stereocenters. The quantitative estimate of drug-likeness (QED) is 0.552. The fraction of sp³-hybridized carbons (Fsp3) is 0.379. The number of nitrogens with one attached hydrogen (secondary N) is 1. The highest BCUT2D eigenvalue weighted by Crippen LogP contribution is 2.48. The summed E-state index contributed by atoms with van der Waals surface area (Å²) in [4.78, 5) is 27.0. The topological polar surface area (TPSA) is 64.6 Å². The van der Waals surface area contributed by atoms with Gasteiger partial charge in [-0.1, -0.05) is 62.4 Å². The van der Waals surface area contributed by atoms with Crippen molar-refractivity contribution >= 4 is 11.8 Å². The molecule has 2 aromatic carbocycles. The van der Waals surface area contributed by atoms with Crippen LogP contribution in [-0.2, 0) is 20.9 Å². The second kappa shape index (κ2) is 9.49. The molecule has 1 N–H and O–H groups in total. The summed E-state index contributed by atoms with van der Waals surface area (Å²) in [5.74, 6) is -0.237. The minimum atomic E-state index is -0.543. The Morgan fingerprint density at radius 3 is 2.44 bits per heavy atom. The van der Waals surface area contributed by atoms with Crippen molar-refractivity contribution in [3.05, 3.63) is 88.3 Å². The summed E-state index contributed by atoms with van der Waals surface area (Å²) in [5.41, 5.74) is 4.29. The van der Waals surface area contributed by atoms with Crippen LogP contribution in [0.25, 0.3) is 0 Å². The number of carbonyl (C=O) groups is 2. The van der Waals surface area contributed by atoms with E-state index in [1.165, 1.54) is 0 Å². The monoisotopic (exact) mass is 459 g/mol. The first-order valence-electron chi connectivity index (χ1n) is 11.9. The van der Waals surface area contributed by atoms with E-state index in [0.717, 1.165) is 23.2 Å². The van der Waals surface area contributed by atoms with Gasteiger partial charge in [-0.05, 0) is 44.2 Å². The first-order chi connectivity index (χ1) is 16.2. The first kappa shape index (κ1) is 23.8. The third kappa shape index (κ3) is 4.93. The molecular formula is C29H33NO4. The molecule has 0 spiro atoms. The molecule has 1 heterocycles. The van der Waals surface area contributed by atoms with Gasteiger partial charge in [0.1, 0.15) is 12.4 Å². The Labute approximate surface area is 201 Å². The van der Waals surface area contributed by atoms with Gasteiger partial charge in [-0.15, -0.1) is 0 Å². The highest BCUT2D eigenvalue weighted by Gasteiger charge is 2.44. The lowest BCUT2D eigenvalue weighted by atomic mass is 9.68. The Hall–Kier alpha value is -3.34. The van der Waals surface area contributed by atoms with Gasteiger partial charge in [0.15, 0.2) is 5.78 Å². The number of hydrogen-bond donors (Lipinski definition) is 1. The second-order valence-electron chi connectivity index (χ2n) is 10.2. The molecule has 0 bridgehead atoms. The molecule has 0 unspecified atom stereocenters. The molecule has 0 saturated carbocycles. The van der Waals surface area contributed by atoms with Crippen LogP contribution in [0.1, 0.15) is 64.5 Å². The number of Topliss-reactive ketones (excluding diaryl/α,β-unsaturated/α-hetero) is 1. The molecule has 5 nitrogen and oxygen atoms in total. The summed E-state index contributed by atoms with van der Waals surface area (Å²) in [6, 6.07) is 17.3. The lowest BCUT2D eigenvalue weighted by molar-refractivity contribution is -0.140. The molecule has 1 aliphatic heterocycles. The van der Waals surface area contributed by atoms with Crippen molar-refractivity contribution in [1.29, 1.82) is 0 Å². The van der Waals surface area contributed by atoms with Crippen molar-refractivity contribution in [2.75, 3.05) is 0 Å². The molecule has 0 radical (unpaired) electrons. The fourth-order valence-corrected chi connectivity index (χ4v) is 4.90. The number of ether oxygens (including phenoxy) is 2. The summed E-state index contributed by atoms with van der Waals surface area (Å²) in [7, 11) is 0. The van der Waals surface area contributed by atoms with E-state index in [1.807, 2.05) is 75.4 Å². The third-order valence-electron chi connectivity index (χ3n) is 6.27. The van der Waals surface area contributed by atoms with Gasteiger partial charge >= 0.3 is 5.97 Å². The molecule has 1 aliphatic carbocycles. The molecule has 4 rings (SSSR count). The van der Waals surface area contributed by atoms with E-state index < -0.39 is 11.9 Å². The summed E-state index contributed by atoms with van der Waals surface area (Å²) < 4.78 is 11.9. The average Bonchev–Trinajstić information content (AvgIpc) is 2.76. The van der Waals surface area contributed by atoms with Crippen LogP contribution >= 0.6 is 0 Å². The number of dihydropyridines is 1. The molecule has 0 fully saturated rings. The zero-order valence-corrected chi connectivity index (χ0v) is 20.6. The molecule has 0 amide bonds. The molecule has 0 aromatic heterocycles. The first-order valence-corrected chi connectivity index (χ1v) is 11.9. The van der Waals surface area contributed by atoms with Crippen molar-refractivity contribution in [2.24, 2.45) is 5.41 Å². The van der Waals surface area contributed by atoms with E-state index >= 15 is 0 Å². The van der Waals surface area contributed by atoms with E-state index in [4.69, 9.17) is 9.47 Å². The largest absolute Gasteiger partial charge is 0.491 e. The minimum Gasteiger partial charge on any atom is -0.491 e. The molecular weight excluding hydrogens is 426 g/mol. The van der Waals surface area contributed by atoms with E-state index in [9.17, 15) is 9.59 Å². The maximum atomic E-state index is 13.5. The number of allylic oxidation sites excluding steroid dienone is 3. The van der Waals surface area contributed by atoms with Crippen molar-refractivity contribution in [3.63, 3.8) is 0 Å². The van der Waals surface area contributed by atoms with E-state index in [0.29, 0.717) is 29.0 Å². The number of rotatable bonds is 6. The minimum absolute atomic E-state index is 0.0455. The molecule has 2 aromatic rings. The van der Waals surface area contributed by atoms with Crippen molar-refractivity contribution in [1.82, 2.24) is 5.32 Å². The third-order valence-corrected chi connectivity index (χ3v) is 6.27. The molecule has 5 heteroatoms. The van der Waals surface area contributed by atoms with Gasteiger partial charge in [-0.2, -0.15) is 0 Å². The Kier molecular flexibility index (Phi) is 6.65. The number of hydrogen-bond acceptors (Lipinski definition) is 5. The lowest BCUT2D eigenvalue weighted by Gasteiger charge is -2.39. The molecule has 34 heavy (non-hydrogen) atoms. The summed E-state index contributed by atoms with van der Waals surface area (Å²) in [6.45, 7) is 10.2. The fourth-order valence-electron chi connectivity index (χ4n) is 4.90. The van der Waals surface area contributed by atoms with Gasteiger partial charge in [0, 0.05) is 29.0 Å². The molecule has 0 saturated heterocycles. The van der Waals surface area contributed by atoms with Gasteiger partial charge in [-0.25, -0.2) is 4.79 Å². The SMILES string of the molecule is CC1=C(C(=O)OCc2ccccc2)[C@@H](c2ccccc2OC(C)C)C2=C(CC(C)(C)CC2=O)N1. The number of esters is 1.